The van der Waals surface area contributed by atoms with E-state index in [1.165, 1.54) is 0 Å². The zero-order chi connectivity index (χ0) is 18.2. The quantitative estimate of drug-likeness (QED) is 0.857. The lowest BCUT2D eigenvalue weighted by Crippen LogP contribution is -2.19. The van der Waals surface area contributed by atoms with Gasteiger partial charge >= 0.3 is 6.18 Å². The minimum Gasteiger partial charge on any atom is -0.279 e. The average Bonchev–Trinajstić information content (AvgIpc) is 2.45. The number of halogens is 3. The largest absolute Gasteiger partial charge is 0.416 e. The molecule has 2 aromatic rings. The van der Waals surface area contributed by atoms with E-state index in [-0.39, 0.29) is 10.3 Å². The highest BCUT2D eigenvalue weighted by Gasteiger charge is 2.30. The SMILES string of the molecule is CC(C)(C)c1ccccc1NS(=O)(=O)c1ccc(C(F)(F)F)cc1. The predicted molar refractivity (Wildman–Crippen MR) is 87.4 cm³/mol. The van der Waals surface area contributed by atoms with Gasteiger partial charge in [-0.25, -0.2) is 8.42 Å². The maximum Gasteiger partial charge on any atom is 0.416 e. The second-order valence-corrected chi connectivity index (χ2v) is 8.11. The Morgan fingerprint density at radius 1 is 0.875 bits per heavy atom. The smallest absolute Gasteiger partial charge is 0.279 e. The molecule has 0 unspecified atom stereocenters. The number of hydrogen-bond donors (Lipinski definition) is 1. The standard InChI is InChI=1S/C17H18F3NO2S/c1-16(2,3)14-6-4-5-7-15(14)21-24(22,23)13-10-8-12(9-11-13)17(18,19)20/h4-11,21H,1-3H3. The van der Waals surface area contributed by atoms with Crippen molar-refractivity contribution in [2.75, 3.05) is 4.72 Å². The number of nitrogens with one attached hydrogen (secondary N) is 1. The summed E-state index contributed by atoms with van der Waals surface area (Å²) in [6.07, 6.45) is -4.51. The molecule has 3 nitrogen and oxygen atoms in total. The third kappa shape index (κ3) is 4.08. The minimum absolute atomic E-state index is 0.223. The molecule has 7 heteroatoms. The summed E-state index contributed by atoms with van der Waals surface area (Å²) in [5, 5.41) is 0. The van der Waals surface area contributed by atoms with Gasteiger partial charge in [-0.05, 0) is 41.3 Å². The highest BCUT2D eigenvalue weighted by Crippen LogP contribution is 2.32. The minimum atomic E-state index is -4.51. The van der Waals surface area contributed by atoms with Crippen LogP contribution in [0.3, 0.4) is 0 Å². The molecule has 0 aliphatic carbocycles. The zero-order valence-electron chi connectivity index (χ0n) is 13.5. The van der Waals surface area contributed by atoms with Gasteiger partial charge in [0.25, 0.3) is 10.0 Å². The Bertz CT molecular complexity index is 820. The summed E-state index contributed by atoms with van der Waals surface area (Å²) in [5.74, 6) is 0. The predicted octanol–water partition coefficient (Wildman–Crippen LogP) is 4.80. The number of benzene rings is 2. The van der Waals surface area contributed by atoms with Gasteiger partial charge in [0, 0.05) is 0 Å². The molecule has 130 valence electrons. The molecule has 0 bridgehead atoms. The first-order valence-electron chi connectivity index (χ1n) is 7.21. The van der Waals surface area contributed by atoms with Gasteiger partial charge in [0.15, 0.2) is 0 Å². The van der Waals surface area contributed by atoms with Crippen LogP contribution in [0.25, 0.3) is 0 Å². The zero-order valence-corrected chi connectivity index (χ0v) is 14.3. The van der Waals surface area contributed by atoms with Crippen LogP contribution in [0.1, 0.15) is 31.9 Å². The third-order valence-corrected chi connectivity index (χ3v) is 4.85. The first kappa shape index (κ1) is 18.3. The highest BCUT2D eigenvalue weighted by molar-refractivity contribution is 7.92. The van der Waals surface area contributed by atoms with Crippen LogP contribution in [-0.2, 0) is 21.6 Å². The van der Waals surface area contributed by atoms with E-state index >= 15 is 0 Å². The normalized spacial score (nSPS) is 12.9. The van der Waals surface area contributed by atoms with E-state index in [0.717, 1.165) is 29.8 Å². The summed E-state index contributed by atoms with van der Waals surface area (Å²) in [5.41, 5.74) is 0.0149. The molecule has 2 rings (SSSR count). The lowest BCUT2D eigenvalue weighted by atomic mass is 9.86. The summed E-state index contributed by atoms with van der Waals surface area (Å²) in [6, 6.07) is 10.3. The van der Waals surface area contributed by atoms with E-state index in [1.807, 2.05) is 26.8 Å². The molecule has 0 atom stereocenters. The van der Waals surface area contributed by atoms with Gasteiger partial charge in [-0.2, -0.15) is 13.2 Å². The Hall–Kier alpha value is -2.02. The summed E-state index contributed by atoms with van der Waals surface area (Å²) in [4.78, 5) is -0.223. The maximum absolute atomic E-state index is 12.6. The molecule has 0 radical (unpaired) electrons. The van der Waals surface area contributed by atoms with Crippen LogP contribution in [0.15, 0.2) is 53.4 Å². The van der Waals surface area contributed by atoms with Crippen molar-refractivity contribution < 1.29 is 21.6 Å². The number of anilines is 1. The van der Waals surface area contributed by atoms with Crippen LogP contribution < -0.4 is 4.72 Å². The molecule has 0 saturated carbocycles. The molecular weight excluding hydrogens is 339 g/mol. The van der Waals surface area contributed by atoms with Crippen LogP contribution in [-0.4, -0.2) is 8.42 Å². The van der Waals surface area contributed by atoms with Gasteiger partial charge in [0.05, 0.1) is 16.1 Å². The van der Waals surface area contributed by atoms with Crippen LogP contribution in [0.5, 0.6) is 0 Å². The monoisotopic (exact) mass is 357 g/mol. The van der Waals surface area contributed by atoms with Crippen LogP contribution in [0.2, 0.25) is 0 Å². The van der Waals surface area contributed by atoms with Crippen molar-refractivity contribution in [1.82, 2.24) is 0 Å². The molecule has 0 aliphatic heterocycles. The fourth-order valence-corrected chi connectivity index (χ4v) is 3.33. The van der Waals surface area contributed by atoms with Gasteiger partial charge in [0.2, 0.25) is 0 Å². The van der Waals surface area contributed by atoms with Crippen molar-refractivity contribution >= 4 is 15.7 Å². The van der Waals surface area contributed by atoms with Crippen molar-refractivity contribution in [3.63, 3.8) is 0 Å². The highest BCUT2D eigenvalue weighted by atomic mass is 32.2. The molecule has 0 saturated heterocycles. The average molecular weight is 357 g/mol. The second kappa shape index (κ2) is 6.12. The summed E-state index contributed by atoms with van der Waals surface area (Å²) in [7, 11) is -3.98. The molecule has 2 aromatic carbocycles. The van der Waals surface area contributed by atoms with Gasteiger partial charge in [0.1, 0.15) is 0 Å². The Balaban J connectivity index is 2.37. The molecule has 0 spiro atoms. The van der Waals surface area contributed by atoms with E-state index in [9.17, 15) is 21.6 Å². The fourth-order valence-electron chi connectivity index (χ4n) is 2.25. The van der Waals surface area contributed by atoms with Gasteiger partial charge in [-0.3, -0.25) is 4.72 Å². The summed E-state index contributed by atoms with van der Waals surface area (Å²) >= 11 is 0. The Morgan fingerprint density at radius 2 is 1.42 bits per heavy atom. The summed E-state index contributed by atoms with van der Waals surface area (Å²) in [6.45, 7) is 5.83. The number of sulfonamides is 1. The first-order chi connectivity index (χ1) is 10.9. The van der Waals surface area contributed by atoms with E-state index < -0.39 is 21.8 Å². The Morgan fingerprint density at radius 3 is 1.92 bits per heavy atom. The molecule has 0 fully saturated rings. The Labute approximate surface area is 139 Å². The fraction of sp³-hybridized carbons (Fsp3) is 0.294. The van der Waals surface area contributed by atoms with Crippen LogP contribution in [0, 0.1) is 0 Å². The first-order valence-corrected chi connectivity index (χ1v) is 8.69. The molecular formula is C17H18F3NO2S. The van der Waals surface area contributed by atoms with E-state index in [0.29, 0.717) is 5.69 Å². The third-order valence-electron chi connectivity index (χ3n) is 3.47. The number of alkyl halides is 3. The maximum atomic E-state index is 12.6. The number of para-hydroxylation sites is 1. The molecule has 0 aromatic heterocycles. The number of hydrogen-bond acceptors (Lipinski definition) is 2. The lowest BCUT2D eigenvalue weighted by molar-refractivity contribution is -0.137. The molecule has 24 heavy (non-hydrogen) atoms. The lowest BCUT2D eigenvalue weighted by Gasteiger charge is -2.23. The van der Waals surface area contributed by atoms with Gasteiger partial charge in [-0.1, -0.05) is 39.0 Å². The molecule has 0 heterocycles. The van der Waals surface area contributed by atoms with Crippen molar-refractivity contribution in [3.05, 3.63) is 59.7 Å². The molecule has 0 aliphatic rings. The molecule has 1 N–H and O–H groups in total. The number of rotatable bonds is 3. The van der Waals surface area contributed by atoms with E-state index in [4.69, 9.17) is 0 Å². The topological polar surface area (TPSA) is 46.2 Å². The van der Waals surface area contributed by atoms with Gasteiger partial charge < -0.3 is 0 Å². The van der Waals surface area contributed by atoms with Crippen molar-refractivity contribution in [3.8, 4) is 0 Å². The van der Waals surface area contributed by atoms with Crippen molar-refractivity contribution in [2.45, 2.75) is 37.3 Å². The second-order valence-electron chi connectivity index (χ2n) is 6.42. The van der Waals surface area contributed by atoms with Crippen LogP contribution >= 0.6 is 0 Å². The summed E-state index contributed by atoms with van der Waals surface area (Å²) < 4.78 is 65.1. The van der Waals surface area contributed by atoms with Crippen molar-refractivity contribution in [1.29, 1.82) is 0 Å². The van der Waals surface area contributed by atoms with E-state index in [1.54, 1.807) is 18.2 Å². The van der Waals surface area contributed by atoms with Crippen LogP contribution in [0.4, 0.5) is 18.9 Å². The van der Waals surface area contributed by atoms with Crippen molar-refractivity contribution in [2.24, 2.45) is 0 Å². The Kier molecular flexibility index (Phi) is 4.68. The van der Waals surface area contributed by atoms with Gasteiger partial charge in [-0.15, -0.1) is 0 Å². The molecule has 0 amide bonds. The van der Waals surface area contributed by atoms with E-state index in [2.05, 4.69) is 4.72 Å².